The summed E-state index contributed by atoms with van der Waals surface area (Å²) in [6.45, 7) is 4.00. The summed E-state index contributed by atoms with van der Waals surface area (Å²) in [5, 5.41) is 6.76. The van der Waals surface area contributed by atoms with Crippen LogP contribution in [-0.2, 0) is 0 Å². The number of para-hydroxylation sites is 4. The van der Waals surface area contributed by atoms with E-state index in [-0.39, 0.29) is 12.1 Å². The zero-order valence-electron chi connectivity index (χ0n) is 18.3. The van der Waals surface area contributed by atoms with Crippen molar-refractivity contribution in [2.75, 3.05) is 24.9 Å². The van der Waals surface area contributed by atoms with Gasteiger partial charge in [0.15, 0.2) is 0 Å². The molecular weight excluding hydrogens is 376 g/mol. The minimum Gasteiger partial charge on any atom is -0.495 e. The Balaban J connectivity index is 1.72. The molecule has 6 nitrogen and oxygen atoms in total. The van der Waals surface area contributed by atoms with E-state index in [1.54, 1.807) is 14.2 Å². The Morgan fingerprint density at radius 3 is 1.53 bits per heavy atom. The first kappa shape index (κ1) is 21.7. The lowest BCUT2D eigenvalue weighted by molar-refractivity contribution is 0.388. The van der Waals surface area contributed by atoms with E-state index in [4.69, 9.17) is 19.5 Å². The molecule has 1 aliphatic rings. The van der Waals surface area contributed by atoms with Crippen molar-refractivity contribution in [3.63, 3.8) is 0 Å². The second-order valence-electron chi connectivity index (χ2n) is 7.50. The van der Waals surface area contributed by atoms with Gasteiger partial charge in [-0.15, -0.1) is 0 Å². The van der Waals surface area contributed by atoms with Crippen LogP contribution in [0.2, 0.25) is 0 Å². The fourth-order valence-electron chi connectivity index (χ4n) is 3.84. The number of aliphatic imine (C=N–C) groups is 2. The predicted molar refractivity (Wildman–Crippen MR) is 125 cm³/mol. The van der Waals surface area contributed by atoms with Crippen LogP contribution >= 0.6 is 0 Å². The summed E-state index contributed by atoms with van der Waals surface area (Å²) in [5.74, 6) is 3.37. The third-order valence-corrected chi connectivity index (χ3v) is 5.26. The molecule has 1 aliphatic carbocycles. The van der Waals surface area contributed by atoms with Crippen molar-refractivity contribution in [3.8, 4) is 11.5 Å². The largest absolute Gasteiger partial charge is 0.495 e. The third-order valence-electron chi connectivity index (χ3n) is 5.26. The van der Waals surface area contributed by atoms with Crippen molar-refractivity contribution in [1.29, 1.82) is 0 Å². The highest BCUT2D eigenvalue weighted by atomic mass is 16.5. The molecule has 1 fully saturated rings. The Morgan fingerprint density at radius 1 is 0.733 bits per heavy atom. The molecule has 2 N–H and O–H groups in total. The van der Waals surface area contributed by atoms with Crippen LogP contribution in [0, 0.1) is 0 Å². The van der Waals surface area contributed by atoms with Crippen LogP contribution in [0.15, 0.2) is 58.5 Å². The molecule has 2 aromatic rings. The van der Waals surface area contributed by atoms with E-state index < -0.39 is 0 Å². The zero-order valence-corrected chi connectivity index (χ0v) is 18.3. The zero-order chi connectivity index (χ0) is 21.3. The Kier molecular flexibility index (Phi) is 7.71. The Hall–Kier alpha value is -3.02. The SMILES string of the molecule is COc1ccccc1NC(C)=N[C@@H]1CCCC[C@H]1N=C(C)Nc1ccccc1OC. The summed E-state index contributed by atoms with van der Waals surface area (Å²) in [6.07, 6.45) is 4.45. The van der Waals surface area contributed by atoms with Gasteiger partial charge in [-0.1, -0.05) is 37.1 Å². The number of methoxy groups -OCH3 is 2. The maximum absolute atomic E-state index is 5.43. The van der Waals surface area contributed by atoms with Crippen molar-refractivity contribution in [3.05, 3.63) is 48.5 Å². The molecule has 0 radical (unpaired) electrons. The molecule has 0 saturated heterocycles. The number of benzene rings is 2. The fourth-order valence-corrected chi connectivity index (χ4v) is 3.84. The summed E-state index contributed by atoms with van der Waals surface area (Å²) in [7, 11) is 3.35. The van der Waals surface area contributed by atoms with Gasteiger partial charge in [0.05, 0.1) is 49.3 Å². The monoisotopic (exact) mass is 408 g/mol. The lowest BCUT2D eigenvalue weighted by Gasteiger charge is -2.27. The summed E-state index contributed by atoms with van der Waals surface area (Å²) in [5.41, 5.74) is 1.84. The van der Waals surface area contributed by atoms with E-state index in [2.05, 4.69) is 10.6 Å². The molecule has 3 rings (SSSR count). The standard InChI is InChI=1S/C24H32N4O2/c1-17(27-21-13-7-9-15-23(21)29-3)25-19-11-5-6-12-20(19)26-18(2)28-22-14-8-10-16-24(22)30-4/h7-10,13-16,19-20H,5-6,11-12H2,1-4H3,(H,25,27)(H,26,28)/t19-,20-/m1/s1. The minimum atomic E-state index is 0.162. The van der Waals surface area contributed by atoms with Gasteiger partial charge in [0, 0.05) is 0 Å². The molecule has 0 aliphatic heterocycles. The van der Waals surface area contributed by atoms with Crippen molar-refractivity contribution >= 4 is 23.0 Å². The number of ether oxygens (including phenoxy) is 2. The van der Waals surface area contributed by atoms with Gasteiger partial charge in [0.2, 0.25) is 0 Å². The number of hydrogen-bond donors (Lipinski definition) is 2. The van der Waals surface area contributed by atoms with E-state index in [1.165, 1.54) is 12.8 Å². The third kappa shape index (κ3) is 5.75. The van der Waals surface area contributed by atoms with E-state index in [0.29, 0.717) is 0 Å². The van der Waals surface area contributed by atoms with E-state index >= 15 is 0 Å². The van der Waals surface area contributed by atoms with Crippen LogP contribution in [0.1, 0.15) is 39.5 Å². The van der Waals surface area contributed by atoms with Crippen molar-refractivity contribution in [1.82, 2.24) is 0 Å². The summed E-state index contributed by atoms with van der Waals surface area (Å²) >= 11 is 0. The van der Waals surface area contributed by atoms with Crippen LogP contribution in [-0.4, -0.2) is 38.0 Å². The van der Waals surface area contributed by atoms with Gasteiger partial charge >= 0.3 is 0 Å². The van der Waals surface area contributed by atoms with E-state index in [0.717, 1.165) is 47.4 Å². The van der Waals surface area contributed by atoms with Gasteiger partial charge in [0.1, 0.15) is 11.5 Å². The van der Waals surface area contributed by atoms with Crippen molar-refractivity contribution < 1.29 is 9.47 Å². The maximum atomic E-state index is 5.43. The second kappa shape index (κ2) is 10.7. The molecule has 0 spiro atoms. The first-order valence-electron chi connectivity index (χ1n) is 10.5. The van der Waals surface area contributed by atoms with Crippen LogP contribution < -0.4 is 20.1 Å². The number of amidine groups is 2. The molecule has 160 valence electrons. The molecule has 2 atom stereocenters. The average Bonchev–Trinajstić information content (AvgIpc) is 2.76. The van der Waals surface area contributed by atoms with Crippen LogP contribution in [0.5, 0.6) is 11.5 Å². The highest BCUT2D eigenvalue weighted by Crippen LogP contribution is 2.27. The van der Waals surface area contributed by atoms with Gasteiger partial charge in [-0.25, -0.2) is 0 Å². The number of nitrogens with one attached hydrogen (secondary N) is 2. The van der Waals surface area contributed by atoms with Gasteiger partial charge in [-0.05, 0) is 51.0 Å². The minimum absolute atomic E-state index is 0.162. The Labute approximate surface area is 179 Å². The molecule has 0 amide bonds. The Morgan fingerprint density at radius 2 is 1.13 bits per heavy atom. The fraction of sp³-hybridized carbons (Fsp3) is 0.417. The second-order valence-corrected chi connectivity index (χ2v) is 7.50. The number of hydrogen-bond acceptors (Lipinski definition) is 4. The molecular formula is C24H32N4O2. The maximum Gasteiger partial charge on any atom is 0.142 e. The average molecular weight is 409 g/mol. The lowest BCUT2D eigenvalue weighted by Crippen LogP contribution is -2.30. The van der Waals surface area contributed by atoms with Crippen LogP contribution in [0.25, 0.3) is 0 Å². The van der Waals surface area contributed by atoms with Gasteiger partial charge in [-0.3, -0.25) is 9.98 Å². The van der Waals surface area contributed by atoms with E-state index in [9.17, 15) is 0 Å². The van der Waals surface area contributed by atoms with Crippen LogP contribution in [0.3, 0.4) is 0 Å². The highest BCUT2D eigenvalue weighted by Gasteiger charge is 2.24. The lowest BCUT2D eigenvalue weighted by atomic mass is 9.91. The summed E-state index contributed by atoms with van der Waals surface area (Å²) in [4.78, 5) is 9.94. The number of rotatable bonds is 6. The highest BCUT2D eigenvalue weighted by molar-refractivity contribution is 5.96. The van der Waals surface area contributed by atoms with Crippen LogP contribution in [0.4, 0.5) is 11.4 Å². The summed E-state index contributed by atoms with van der Waals surface area (Å²) < 4.78 is 10.9. The topological polar surface area (TPSA) is 67.2 Å². The Bertz CT molecular complexity index is 821. The smallest absolute Gasteiger partial charge is 0.142 e. The molecule has 0 aromatic heterocycles. The molecule has 2 aromatic carbocycles. The first-order valence-corrected chi connectivity index (χ1v) is 10.5. The summed E-state index contributed by atoms with van der Waals surface area (Å²) in [6, 6.07) is 16.1. The normalized spacial score (nSPS) is 19.9. The molecule has 0 unspecified atom stereocenters. The molecule has 30 heavy (non-hydrogen) atoms. The molecule has 0 bridgehead atoms. The quantitative estimate of drug-likeness (QED) is 0.498. The predicted octanol–water partition coefficient (Wildman–Crippen LogP) is 5.38. The molecule has 1 saturated carbocycles. The van der Waals surface area contributed by atoms with Gasteiger partial charge in [-0.2, -0.15) is 0 Å². The van der Waals surface area contributed by atoms with E-state index in [1.807, 2.05) is 62.4 Å². The number of anilines is 2. The van der Waals surface area contributed by atoms with Crippen molar-refractivity contribution in [2.24, 2.45) is 9.98 Å². The van der Waals surface area contributed by atoms with Gasteiger partial charge < -0.3 is 20.1 Å². The first-order chi connectivity index (χ1) is 14.6. The molecule has 6 heteroatoms. The molecule has 0 heterocycles. The van der Waals surface area contributed by atoms with Gasteiger partial charge in [0.25, 0.3) is 0 Å². The number of nitrogens with zero attached hydrogens (tertiary/aromatic N) is 2. The van der Waals surface area contributed by atoms with Crippen molar-refractivity contribution in [2.45, 2.75) is 51.6 Å².